The molecule has 1 unspecified atom stereocenters. The fourth-order valence-corrected chi connectivity index (χ4v) is 2.22. The molecule has 0 bridgehead atoms. The Hall–Kier alpha value is -1.54. The Morgan fingerprint density at radius 1 is 1.11 bits per heavy atom. The van der Waals surface area contributed by atoms with Gasteiger partial charge in [-0.3, -0.25) is 0 Å². The zero-order valence-electron chi connectivity index (χ0n) is 11.9. The summed E-state index contributed by atoms with van der Waals surface area (Å²) in [5.74, 6) is 0.967. The third-order valence-electron chi connectivity index (χ3n) is 3.27. The summed E-state index contributed by atoms with van der Waals surface area (Å²) >= 11 is 0. The van der Waals surface area contributed by atoms with E-state index in [0.29, 0.717) is 0 Å². The first kappa shape index (κ1) is 13.9. The molecule has 0 saturated heterocycles. The molecule has 1 N–H and O–H groups in total. The van der Waals surface area contributed by atoms with E-state index < -0.39 is 0 Å². The van der Waals surface area contributed by atoms with Crippen LogP contribution in [-0.2, 0) is 0 Å². The highest BCUT2D eigenvalue weighted by atomic mass is 16.5. The minimum atomic E-state index is 0.264. The molecule has 0 aliphatic heterocycles. The lowest BCUT2D eigenvalue weighted by molar-refractivity contribution is 0.208. The number of nitrogens with one attached hydrogen (secondary N) is 1. The Balaban J connectivity index is 1.89. The summed E-state index contributed by atoms with van der Waals surface area (Å²) in [5, 5.41) is 5.83. The van der Waals surface area contributed by atoms with Crippen LogP contribution >= 0.6 is 0 Å². The highest BCUT2D eigenvalue weighted by molar-refractivity contribution is 5.83. The van der Waals surface area contributed by atoms with Crippen molar-refractivity contribution in [2.45, 2.75) is 32.8 Å². The fourth-order valence-electron chi connectivity index (χ4n) is 2.22. The predicted octanol–water partition coefficient (Wildman–Crippen LogP) is 4.00. The normalized spacial score (nSPS) is 12.5. The van der Waals surface area contributed by atoms with Gasteiger partial charge in [-0.1, -0.05) is 37.3 Å². The summed E-state index contributed by atoms with van der Waals surface area (Å²) in [4.78, 5) is 0. The molecule has 0 aliphatic carbocycles. The van der Waals surface area contributed by atoms with Gasteiger partial charge in [-0.25, -0.2) is 0 Å². The van der Waals surface area contributed by atoms with Crippen LogP contribution < -0.4 is 10.1 Å². The maximum atomic E-state index is 5.97. The third-order valence-corrected chi connectivity index (χ3v) is 3.27. The van der Waals surface area contributed by atoms with Crippen LogP contribution in [0.15, 0.2) is 42.5 Å². The Kier molecular flexibility index (Phi) is 5.22. The maximum Gasteiger partial charge on any atom is 0.120 e. The van der Waals surface area contributed by atoms with Gasteiger partial charge in [0.15, 0.2) is 0 Å². The molecule has 0 aromatic heterocycles. The topological polar surface area (TPSA) is 21.3 Å². The summed E-state index contributed by atoms with van der Waals surface area (Å²) in [6.45, 7) is 6.39. The van der Waals surface area contributed by atoms with Crippen molar-refractivity contribution >= 4 is 10.8 Å². The first-order chi connectivity index (χ1) is 9.29. The molecule has 2 aromatic rings. The second-order valence-electron chi connectivity index (χ2n) is 4.93. The Morgan fingerprint density at radius 2 is 1.89 bits per heavy atom. The van der Waals surface area contributed by atoms with Gasteiger partial charge in [0.25, 0.3) is 0 Å². The van der Waals surface area contributed by atoms with Gasteiger partial charge in [-0.15, -0.1) is 0 Å². The second kappa shape index (κ2) is 7.15. The number of fused-ring (bicyclic) bond motifs is 1. The average molecular weight is 257 g/mol. The summed E-state index contributed by atoms with van der Waals surface area (Å²) < 4.78 is 5.97. The SMILES string of the molecule is CCNCCCC(C)Oc1ccc2ccccc2c1. The van der Waals surface area contributed by atoms with Gasteiger partial charge in [-0.05, 0) is 55.8 Å². The van der Waals surface area contributed by atoms with E-state index in [0.717, 1.165) is 31.7 Å². The number of hydrogen-bond acceptors (Lipinski definition) is 2. The van der Waals surface area contributed by atoms with Gasteiger partial charge in [-0.2, -0.15) is 0 Å². The van der Waals surface area contributed by atoms with Crippen molar-refractivity contribution in [1.82, 2.24) is 5.32 Å². The van der Waals surface area contributed by atoms with E-state index in [-0.39, 0.29) is 6.10 Å². The lowest BCUT2D eigenvalue weighted by Crippen LogP contribution is -2.18. The summed E-state index contributed by atoms with van der Waals surface area (Å²) in [5.41, 5.74) is 0. The molecule has 19 heavy (non-hydrogen) atoms. The molecule has 2 heteroatoms. The molecule has 2 aromatic carbocycles. The van der Waals surface area contributed by atoms with Crippen LogP contribution in [0.2, 0.25) is 0 Å². The number of rotatable bonds is 7. The molecular formula is C17H23NO. The third kappa shape index (κ3) is 4.25. The molecule has 0 saturated carbocycles. The van der Waals surface area contributed by atoms with Crippen molar-refractivity contribution in [1.29, 1.82) is 0 Å². The van der Waals surface area contributed by atoms with Gasteiger partial charge < -0.3 is 10.1 Å². The van der Waals surface area contributed by atoms with E-state index in [4.69, 9.17) is 4.74 Å². The van der Waals surface area contributed by atoms with E-state index >= 15 is 0 Å². The molecule has 0 fully saturated rings. The van der Waals surface area contributed by atoms with Crippen molar-refractivity contribution in [2.75, 3.05) is 13.1 Å². The van der Waals surface area contributed by atoms with Crippen LogP contribution in [0, 0.1) is 0 Å². The quantitative estimate of drug-likeness (QED) is 0.757. The monoisotopic (exact) mass is 257 g/mol. The van der Waals surface area contributed by atoms with Crippen LogP contribution in [-0.4, -0.2) is 19.2 Å². The lowest BCUT2D eigenvalue weighted by atomic mass is 10.1. The maximum absolute atomic E-state index is 5.97. The predicted molar refractivity (Wildman–Crippen MR) is 81.8 cm³/mol. The summed E-state index contributed by atoms with van der Waals surface area (Å²) in [7, 11) is 0. The van der Waals surface area contributed by atoms with Crippen molar-refractivity contribution in [2.24, 2.45) is 0 Å². The van der Waals surface area contributed by atoms with E-state index in [1.807, 2.05) is 0 Å². The Labute approximate surface area is 115 Å². The zero-order valence-corrected chi connectivity index (χ0v) is 11.9. The standard InChI is InChI=1S/C17H23NO/c1-3-18-12-6-7-14(2)19-17-11-10-15-8-4-5-9-16(15)13-17/h4-5,8-11,13-14,18H,3,6-7,12H2,1-2H3. The number of hydrogen-bond donors (Lipinski definition) is 1. The van der Waals surface area contributed by atoms with E-state index in [2.05, 4.69) is 61.6 Å². The van der Waals surface area contributed by atoms with Gasteiger partial charge >= 0.3 is 0 Å². The van der Waals surface area contributed by atoms with Crippen molar-refractivity contribution < 1.29 is 4.74 Å². The van der Waals surface area contributed by atoms with Crippen LogP contribution in [0.3, 0.4) is 0 Å². The molecule has 2 nitrogen and oxygen atoms in total. The van der Waals surface area contributed by atoms with Crippen molar-refractivity contribution in [3.63, 3.8) is 0 Å². The zero-order chi connectivity index (χ0) is 13.5. The first-order valence-electron chi connectivity index (χ1n) is 7.16. The largest absolute Gasteiger partial charge is 0.491 e. The lowest BCUT2D eigenvalue weighted by Gasteiger charge is -2.15. The van der Waals surface area contributed by atoms with Gasteiger partial charge in [0.05, 0.1) is 6.10 Å². The number of ether oxygens (including phenoxy) is 1. The molecule has 2 rings (SSSR count). The van der Waals surface area contributed by atoms with E-state index in [1.54, 1.807) is 0 Å². The number of benzene rings is 2. The van der Waals surface area contributed by atoms with Gasteiger partial charge in [0.2, 0.25) is 0 Å². The molecule has 0 spiro atoms. The first-order valence-corrected chi connectivity index (χ1v) is 7.16. The second-order valence-corrected chi connectivity index (χ2v) is 4.93. The fraction of sp³-hybridized carbons (Fsp3) is 0.412. The highest BCUT2D eigenvalue weighted by Crippen LogP contribution is 2.22. The molecule has 1 atom stereocenters. The van der Waals surface area contributed by atoms with Gasteiger partial charge in [0.1, 0.15) is 5.75 Å². The van der Waals surface area contributed by atoms with E-state index in [1.165, 1.54) is 10.8 Å². The molecule has 0 aliphatic rings. The summed E-state index contributed by atoms with van der Waals surface area (Å²) in [6, 6.07) is 14.7. The van der Waals surface area contributed by atoms with Crippen LogP contribution in [0.4, 0.5) is 0 Å². The van der Waals surface area contributed by atoms with E-state index in [9.17, 15) is 0 Å². The molecule has 0 heterocycles. The molecule has 102 valence electrons. The minimum Gasteiger partial charge on any atom is -0.491 e. The summed E-state index contributed by atoms with van der Waals surface area (Å²) in [6.07, 6.45) is 2.50. The van der Waals surface area contributed by atoms with Crippen LogP contribution in [0.1, 0.15) is 26.7 Å². The minimum absolute atomic E-state index is 0.264. The average Bonchev–Trinajstić information content (AvgIpc) is 2.43. The van der Waals surface area contributed by atoms with Crippen LogP contribution in [0.25, 0.3) is 10.8 Å². The van der Waals surface area contributed by atoms with Crippen LogP contribution in [0.5, 0.6) is 5.75 Å². The van der Waals surface area contributed by atoms with Crippen molar-refractivity contribution in [3.8, 4) is 5.75 Å². The van der Waals surface area contributed by atoms with Gasteiger partial charge in [0, 0.05) is 0 Å². The molecular weight excluding hydrogens is 234 g/mol. The molecule has 0 radical (unpaired) electrons. The highest BCUT2D eigenvalue weighted by Gasteiger charge is 2.04. The smallest absolute Gasteiger partial charge is 0.120 e. The Morgan fingerprint density at radius 3 is 2.68 bits per heavy atom. The Bertz CT molecular complexity index is 509. The molecule has 0 amide bonds. The van der Waals surface area contributed by atoms with Crippen molar-refractivity contribution in [3.05, 3.63) is 42.5 Å².